The van der Waals surface area contributed by atoms with E-state index in [1.807, 2.05) is 6.07 Å². The first-order chi connectivity index (χ1) is 8.43. The summed E-state index contributed by atoms with van der Waals surface area (Å²) < 4.78 is 0. The topological polar surface area (TPSA) is 93.4 Å². The lowest BCUT2D eigenvalue weighted by Crippen LogP contribution is -2.50. The Bertz CT molecular complexity index is 379. The lowest BCUT2D eigenvalue weighted by molar-refractivity contribution is -0.139. The number of aliphatic carboxylic acids is 1. The lowest BCUT2D eigenvalue weighted by Gasteiger charge is -2.27. The van der Waals surface area contributed by atoms with E-state index in [1.165, 1.54) is 4.90 Å². The highest BCUT2D eigenvalue weighted by molar-refractivity contribution is 5.82. The van der Waals surface area contributed by atoms with Crippen LogP contribution in [0.25, 0.3) is 0 Å². The highest BCUT2D eigenvalue weighted by Gasteiger charge is 2.23. The van der Waals surface area contributed by atoms with E-state index in [2.05, 4.69) is 11.2 Å². The van der Waals surface area contributed by atoms with E-state index in [4.69, 9.17) is 16.8 Å². The van der Waals surface area contributed by atoms with E-state index in [1.54, 1.807) is 13.8 Å². The van der Waals surface area contributed by atoms with Gasteiger partial charge in [0.15, 0.2) is 0 Å². The second-order valence-corrected chi connectivity index (χ2v) is 3.94. The van der Waals surface area contributed by atoms with Crippen molar-refractivity contribution in [2.75, 3.05) is 6.54 Å². The Morgan fingerprint density at radius 3 is 2.50 bits per heavy atom. The third-order valence-corrected chi connectivity index (χ3v) is 2.27. The van der Waals surface area contributed by atoms with Gasteiger partial charge in [0.05, 0.1) is 12.5 Å². The van der Waals surface area contributed by atoms with Gasteiger partial charge in [-0.25, -0.2) is 9.59 Å². The van der Waals surface area contributed by atoms with Gasteiger partial charge in [0.25, 0.3) is 0 Å². The zero-order valence-electron chi connectivity index (χ0n) is 10.5. The Morgan fingerprint density at radius 2 is 2.11 bits per heavy atom. The number of carbonyl (C=O) groups excluding carboxylic acids is 1. The number of rotatable bonds is 6. The molecule has 0 saturated heterocycles. The van der Waals surface area contributed by atoms with Crippen molar-refractivity contribution in [3.8, 4) is 18.4 Å². The van der Waals surface area contributed by atoms with Crippen molar-refractivity contribution in [3.63, 3.8) is 0 Å². The highest BCUT2D eigenvalue weighted by Crippen LogP contribution is 2.02. The smallest absolute Gasteiger partial charge is 0.327 e. The summed E-state index contributed by atoms with van der Waals surface area (Å²) in [7, 11) is 0. The first-order valence-corrected chi connectivity index (χ1v) is 5.54. The first kappa shape index (κ1) is 15.8. The molecule has 6 heteroatoms. The molecule has 0 spiro atoms. The third-order valence-electron chi connectivity index (χ3n) is 2.27. The summed E-state index contributed by atoms with van der Waals surface area (Å²) in [4.78, 5) is 24.1. The molecule has 0 rings (SSSR count). The molecule has 0 fully saturated rings. The van der Waals surface area contributed by atoms with Crippen LogP contribution in [-0.2, 0) is 4.79 Å². The normalized spacial score (nSPS) is 11.2. The average molecular weight is 251 g/mol. The predicted octanol–water partition coefficient (Wildman–Crippen LogP) is 0.797. The van der Waals surface area contributed by atoms with Crippen LogP contribution in [0.2, 0.25) is 0 Å². The lowest BCUT2D eigenvalue weighted by atomic mass is 10.2. The molecule has 2 N–H and O–H groups in total. The molecule has 18 heavy (non-hydrogen) atoms. The molecule has 2 amide bonds. The standard InChI is InChI=1S/C12H17N3O3/c1-4-6-10(11(16)17)14-12(18)15(9(2)3)8-5-7-13/h1,9-10H,5-6,8H2,2-3H3,(H,14,18)(H,16,17). The van der Waals surface area contributed by atoms with Crippen LogP contribution in [0.15, 0.2) is 0 Å². The van der Waals surface area contributed by atoms with Crippen molar-refractivity contribution in [2.24, 2.45) is 0 Å². The zero-order chi connectivity index (χ0) is 14.1. The van der Waals surface area contributed by atoms with E-state index in [-0.39, 0.29) is 25.4 Å². The van der Waals surface area contributed by atoms with E-state index < -0.39 is 18.0 Å². The molecule has 0 aromatic carbocycles. The molecule has 0 aliphatic carbocycles. The van der Waals surface area contributed by atoms with Gasteiger partial charge >= 0.3 is 12.0 Å². The maximum Gasteiger partial charge on any atom is 0.327 e. The molecule has 1 atom stereocenters. The van der Waals surface area contributed by atoms with Gasteiger partial charge in [0.2, 0.25) is 0 Å². The van der Waals surface area contributed by atoms with Gasteiger partial charge in [-0.1, -0.05) is 0 Å². The Hall–Kier alpha value is -2.21. The quantitative estimate of drug-likeness (QED) is 0.683. The van der Waals surface area contributed by atoms with Gasteiger partial charge in [0, 0.05) is 19.0 Å². The summed E-state index contributed by atoms with van der Waals surface area (Å²) in [6.07, 6.45) is 5.15. The third kappa shape index (κ3) is 5.22. The molecule has 0 bridgehead atoms. The number of carbonyl (C=O) groups is 2. The van der Waals surface area contributed by atoms with Crippen molar-refractivity contribution in [3.05, 3.63) is 0 Å². The number of carboxylic acid groups (broad SMARTS) is 1. The zero-order valence-corrected chi connectivity index (χ0v) is 10.5. The van der Waals surface area contributed by atoms with E-state index in [9.17, 15) is 9.59 Å². The highest BCUT2D eigenvalue weighted by atomic mass is 16.4. The number of nitrogens with zero attached hydrogens (tertiary/aromatic N) is 2. The van der Waals surface area contributed by atoms with Gasteiger partial charge in [-0.15, -0.1) is 12.3 Å². The monoisotopic (exact) mass is 251 g/mol. The SMILES string of the molecule is C#CCC(NC(=O)N(CCC#N)C(C)C)C(=O)O. The largest absolute Gasteiger partial charge is 0.480 e. The Morgan fingerprint density at radius 1 is 1.50 bits per heavy atom. The molecule has 0 saturated carbocycles. The number of hydrogen-bond acceptors (Lipinski definition) is 3. The first-order valence-electron chi connectivity index (χ1n) is 5.54. The van der Waals surface area contributed by atoms with Crippen molar-refractivity contribution in [2.45, 2.75) is 38.8 Å². The fraction of sp³-hybridized carbons (Fsp3) is 0.583. The molecule has 98 valence electrons. The van der Waals surface area contributed by atoms with E-state index >= 15 is 0 Å². The number of terminal acetylenes is 1. The maximum atomic E-state index is 11.9. The van der Waals surface area contributed by atoms with Gasteiger partial charge in [-0.2, -0.15) is 5.26 Å². The number of hydrogen-bond donors (Lipinski definition) is 2. The minimum absolute atomic E-state index is 0.0781. The number of nitriles is 1. The Balaban J connectivity index is 4.63. The van der Waals surface area contributed by atoms with Crippen molar-refractivity contribution >= 4 is 12.0 Å². The maximum absolute atomic E-state index is 11.9. The molecule has 0 aliphatic heterocycles. The number of nitrogens with one attached hydrogen (secondary N) is 1. The second-order valence-electron chi connectivity index (χ2n) is 3.94. The molecular weight excluding hydrogens is 234 g/mol. The molecule has 0 aromatic heterocycles. The molecular formula is C12H17N3O3. The molecule has 0 aromatic rings. The van der Waals surface area contributed by atoms with E-state index in [0.29, 0.717) is 0 Å². The summed E-state index contributed by atoms with van der Waals surface area (Å²) in [6.45, 7) is 3.82. The average Bonchev–Trinajstić information content (AvgIpc) is 2.28. The van der Waals surface area contributed by atoms with Crippen LogP contribution >= 0.6 is 0 Å². The van der Waals surface area contributed by atoms with Gasteiger partial charge in [-0.05, 0) is 13.8 Å². The predicted molar refractivity (Wildman–Crippen MR) is 65.5 cm³/mol. The molecule has 0 radical (unpaired) electrons. The van der Waals surface area contributed by atoms with Crippen LogP contribution in [0.3, 0.4) is 0 Å². The van der Waals surface area contributed by atoms with Crippen LogP contribution in [0.1, 0.15) is 26.7 Å². The fourth-order valence-corrected chi connectivity index (χ4v) is 1.31. The minimum atomic E-state index is -1.18. The molecule has 0 aliphatic rings. The summed E-state index contributed by atoms with van der Waals surface area (Å²) in [5.41, 5.74) is 0. The summed E-state index contributed by atoms with van der Waals surface area (Å²) >= 11 is 0. The molecule has 0 heterocycles. The summed E-state index contributed by atoms with van der Waals surface area (Å²) in [5, 5.41) is 19.7. The second kappa shape index (κ2) is 7.97. The van der Waals surface area contributed by atoms with Crippen molar-refractivity contribution < 1.29 is 14.7 Å². The van der Waals surface area contributed by atoms with Crippen LogP contribution < -0.4 is 5.32 Å². The number of amides is 2. The van der Waals surface area contributed by atoms with Crippen molar-refractivity contribution in [1.82, 2.24) is 10.2 Å². The van der Waals surface area contributed by atoms with Crippen LogP contribution in [0, 0.1) is 23.7 Å². The van der Waals surface area contributed by atoms with Crippen LogP contribution in [0.5, 0.6) is 0 Å². The Labute approximate surface area is 107 Å². The fourth-order valence-electron chi connectivity index (χ4n) is 1.31. The number of carboxylic acids is 1. The summed E-state index contributed by atoms with van der Waals surface area (Å²) in [5.74, 6) is 1.02. The van der Waals surface area contributed by atoms with Gasteiger partial charge < -0.3 is 15.3 Å². The van der Waals surface area contributed by atoms with Crippen molar-refractivity contribution in [1.29, 1.82) is 5.26 Å². The molecule has 1 unspecified atom stereocenters. The molecule has 6 nitrogen and oxygen atoms in total. The number of urea groups is 1. The van der Waals surface area contributed by atoms with Crippen LogP contribution in [0.4, 0.5) is 4.79 Å². The van der Waals surface area contributed by atoms with Gasteiger partial charge in [-0.3, -0.25) is 0 Å². The summed E-state index contributed by atoms with van der Waals surface area (Å²) in [6, 6.07) is 0.182. The van der Waals surface area contributed by atoms with Crippen LogP contribution in [-0.4, -0.2) is 40.6 Å². The Kier molecular flexibility index (Phi) is 6.99. The minimum Gasteiger partial charge on any atom is -0.480 e. The van der Waals surface area contributed by atoms with E-state index in [0.717, 1.165) is 0 Å². The van der Waals surface area contributed by atoms with Gasteiger partial charge in [0.1, 0.15) is 6.04 Å².